The Balaban J connectivity index is 2.19. The monoisotopic (exact) mass is 505 g/mol. The third kappa shape index (κ3) is 4.38. The van der Waals surface area contributed by atoms with Crippen molar-refractivity contribution in [2.24, 2.45) is 5.92 Å². The number of nitrogens with zero attached hydrogens (tertiary/aromatic N) is 1. The summed E-state index contributed by atoms with van der Waals surface area (Å²) < 4.78 is 5.62. The Bertz CT molecular complexity index is 1160. The number of hydrogen-bond donors (Lipinski definition) is 2. The van der Waals surface area contributed by atoms with E-state index in [1.165, 1.54) is 11.0 Å². The lowest BCUT2D eigenvalue weighted by molar-refractivity contribution is -0.151. The van der Waals surface area contributed by atoms with Crippen LogP contribution in [0, 0.1) is 5.92 Å². The van der Waals surface area contributed by atoms with E-state index >= 15 is 0 Å². The number of rotatable bonds is 8. The highest BCUT2D eigenvalue weighted by Gasteiger charge is 2.53. The van der Waals surface area contributed by atoms with Crippen molar-refractivity contribution < 1.29 is 19.4 Å². The third-order valence-corrected chi connectivity index (χ3v) is 10.9. The predicted molar refractivity (Wildman–Crippen MR) is 146 cm³/mol. The minimum absolute atomic E-state index is 0.000196. The quantitative estimate of drug-likeness (QED) is 0.163. The molecule has 7 heteroatoms. The average molecular weight is 506 g/mol. The Labute approximate surface area is 211 Å². The highest BCUT2D eigenvalue weighted by molar-refractivity contribution is 7.96. The van der Waals surface area contributed by atoms with Gasteiger partial charge in [0.1, 0.15) is 12.0 Å². The maximum Gasteiger partial charge on any atom is 0.356 e. The van der Waals surface area contributed by atoms with E-state index in [0.29, 0.717) is 0 Å². The fourth-order valence-corrected chi connectivity index (χ4v) is 9.61. The standard InChI is InChI=1S/C28H28NO4PS/c1-3-19-33-28(32)26(29-25(31)24(20(2)30)27(29)35)34(21-13-7-4-8-14-21,22-15-9-5-10-16-22)23-17-11-6-12-18-23/h3-18,20,24,27,30,35H,1,19H2,2H3/t20?,24-,27+/m0/s1. The first-order chi connectivity index (χ1) is 16.9. The molecule has 3 atom stereocenters. The van der Waals surface area contributed by atoms with Crippen LogP contribution in [-0.2, 0) is 14.3 Å². The zero-order chi connectivity index (χ0) is 25.0. The third-order valence-electron chi connectivity index (χ3n) is 6.12. The lowest BCUT2D eigenvalue weighted by atomic mass is 9.93. The first-order valence-corrected chi connectivity index (χ1v) is 13.7. The molecule has 1 fully saturated rings. The molecule has 0 aliphatic carbocycles. The summed E-state index contributed by atoms with van der Waals surface area (Å²) in [5, 5.41) is 12.2. The van der Waals surface area contributed by atoms with Gasteiger partial charge in [0.15, 0.2) is 0 Å². The van der Waals surface area contributed by atoms with Crippen LogP contribution in [0.25, 0.3) is 0 Å². The van der Waals surface area contributed by atoms with Gasteiger partial charge in [-0.25, -0.2) is 4.79 Å². The number of likely N-dealkylation sites (tertiary alicyclic amines) is 1. The molecule has 1 amide bonds. The number of ether oxygens (including phenoxy) is 1. The van der Waals surface area contributed by atoms with Crippen molar-refractivity contribution in [3.05, 3.63) is 104 Å². The molecule has 1 unspecified atom stereocenters. The number of carbonyl (C=O) groups is 2. The Morgan fingerprint density at radius 2 is 1.43 bits per heavy atom. The van der Waals surface area contributed by atoms with Crippen LogP contribution in [-0.4, -0.2) is 45.4 Å². The molecule has 5 nitrogen and oxygen atoms in total. The Hall–Kier alpha value is -3.05. The van der Waals surface area contributed by atoms with Crippen molar-refractivity contribution >= 4 is 52.7 Å². The van der Waals surface area contributed by atoms with Crippen molar-refractivity contribution in [3.8, 4) is 0 Å². The molecule has 1 N–H and O–H groups in total. The summed E-state index contributed by atoms with van der Waals surface area (Å²) >= 11 is 4.68. The second kappa shape index (κ2) is 10.7. The molecule has 0 radical (unpaired) electrons. The van der Waals surface area contributed by atoms with Crippen molar-refractivity contribution in [3.63, 3.8) is 0 Å². The Morgan fingerprint density at radius 3 is 1.77 bits per heavy atom. The van der Waals surface area contributed by atoms with E-state index in [0.717, 1.165) is 15.9 Å². The van der Waals surface area contributed by atoms with Gasteiger partial charge in [-0.2, -0.15) is 12.6 Å². The van der Waals surface area contributed by atoms with Crippen LogP contribution in [0.4, 0.5) is 0 Å². The summed E-state index contributed by atoms with van der Waals surface area (Å²) in [5.74, 6) is -1.67. The molecular formula is C28H28NO4PS. The number of aliphatic hydroxyl groups excluding tert-OH is 1. The summed E-state index contributed by atoms with van der Waals surface area (Å²) in [7, 11) is 0. The molecule has 0 aromatic heterocycles. The summed E-state index contributed by atoms with van der Waals surface area (Å²) in [6.07, 6.45) is 0.599. The summed E-state index contributed by atoms with van der Waals surface area (Å²) in [5.41, 5.74) is 0.241. The van der Waals surface area contributed by atoms with Crippen LogP contribution in [0.1, 0.15) is 6.92 Å². The number of β-lactam (4-membered cyclic amide) rings is 1. The number of carbonyl (C=O) groups excluding carboxylic acids is 2. The first kappa shape index (κ1) is 25.1. The highest BCUT2D eigenvalue weighted by Crippen LogP contribution is 2.49. The second-order valence-corrected chi connectivity index (χ2v) is 12.1. The smallest absolute Gasteiger partial charge is 0.356 e. The molecule has 1 saturated heterocycles. The molecule has 1 aliphatic heterocycles. The Kier molecular flexibility index (Phi) is 7.66. The van der Waals surface area contributed by atoms with Gasteiger partial charge in [0.25, 0.3) is 0 Å². The van der Waals surface area contributed by atoms with E-state index in [2.05, 4.69) is 19.2 Å². The van der Waals surface area contributed by atoms with E-state index in [4.69, 9.17) is 4.74 Å². The van der Waals surface area contributed by atoms with Gasteiger partial charge in [0, 0.05) is 6.89 Å². The zero-order valence-electron chi connectivity index (χ0n) is 19.4. The lowest BCUT2D eigenvalue weighted by Gasteiger charge is -2.48. The minimum Gasteiger partial charge on any atom is -0.457 e. The SMILES string of the molecule is C=CCOC(=O)C(N1C(=O)[C@H](C(C)O)[C@H]1S)=P(c1ccccc1)(c1ccccc1)c1ccccc1. The molecule has 0 spiro atoms. The van der Waals surface area contributed by atoms with Gasteiger partial charge in [0.2, 0.25) is 5.91 Å². The Morgan fingerprint density at radius 1 is 1.00 bits per heavy atom. The van der Waals surface area contributed by atoms with Crippen LogP contribution in [0.5, 0.6) is 0 Å². The van der Waals surface area contributed by atoms with E-state index in [-0.39, 0.29) is 17.9 Å². The average Bonchev–Trinajstić information content (AvgIpc) is 2.89. The summed E-state index contributed by atoms with van der Waals surface area (Å²) in [6.45, 7) is 2.30. The van der Waals surface area contributed by atoms with E-state index < -0.39 is 30.3 Å². The van der Waals surface area contributed by atoms with Crippen LogP contribution in [0.15, 0.2) is 104 Å². The molecule has 3 aromatic carbocycles. The molecule has 35 heavy (non-hydrogen) atoms. The van der Waals surface area contributed by atoms with E-state index in [1.807, 2.05) is 91.0 Å². The van der Waals surface area contributed by atoms with Gasteiger partial charge in [-0.05, 0) is 22.8 Å². The van der Waals surface area contributed by atoms with Crippen LogP contribution in [0.3, 0.4) is 0 Å². The van der Waals surface area contributed by atoms with Crippen molar-refractivity contribution in [2.45, 2.75) is 18.4 Å². The minimum atomic E-state index is -2.93. The van der Waals surface area contributed by atoms with Gasteiger partial charge in [-0.3, -0.25) is 9.69 Å². The molecular weight excluding hydrogens is 477 g/mol. The van der Waals surface area contributed by atoms with Gasteiger partial charge in [-0.1, -0.05) is 104 Å². The van der Waals surface area contributed by atoms with Gasteiger partial charge in [0.05, 0.1) is 17.4 Å². The highest BCUT2D eigenvalue weighted by atomic mass is 32.1. The fraction of sp³-hybridized carbons (Fsp3) is 0.179. The van der Waals surface area contributed by atoms with Crippen molar-refractivity contribution in [1.82, 2.24) is 4.90 Å². The topological polar surface area (TPSA) is 66.8 Å². The van der Waals surface area contributed by atoms with Crippen molar-refractivity contribution in [2.75, 3.05) is 6.61 Å². The fourth-order valence-electron chi connectivity index (χ4n) is 4.55. The number of amides is 1. The maximum atomic E-state index is 13.9. The van der Waals surface area contributed by atoms with Gasteiger partial charge >= 0.3 is 5.97 Å². The van der Waals surface area contributed by atoms with E-state index in [9.17, 15) is 14.7 Å². The molecule has 180 valence electrons. The number of aliphatic hydroxyl groups is 1. The molecule has 0 bridgehead atoms. The largest absolute Gasteiger partial charge is 0.457 e. The van der Waals surface area contributed by atoms with Gasteiger partial charge in [-0.15, -0.1) is 0 Å². The number of thiol groups is 1. The number of esters is 1. The number of hydrogen-bond acceptors (Lipinski definition) is 5. The molecule has 1 aliphatic rings. The zero-order valence-corrected chi connectivity index (χ0v) is 21.2. The summed E-state index contributed by atoms with van der Waals surface area (Å²) in [6, 6.07) is 29.2. The predicted octanol–water partition coefficient (Wildman–Crippen LogP) is 2.93. The van der Waals surface area contributed by atoms with Crippen LogP contribution >= 0.6 is 19.5 Å². The lowest BCUT2D eigenvalue weighted by Crippen LogP contribution is -2.66. The van der Waals surface area contributed by atoms with E-state index in [1.54, 1.807) is 6.92 Å². The first-order valence-electron chi connectivity index (χ1n) is 11.3. The van der Waals surface area contributed by atoms with Crippen LogP contribution < -0.4 is 15.9 Å². The molecule has 1 heterocycles. The number of benzene rings is 3. The van der Waals surface area contributed by atoms with Gasteiger partial charge < -0.3 is 9.84 Å². The molecule has 0 saturated carbocycles. The van der Waals surface area contributed by atoms with Crippen LogP contribution in [0.2, 0.25) is 0 Å². The summed E-state index contributed by atoms with van der Waals surface area (Å²) in [4.78, 5) is 28.8. The molecule has 3 aromatic rings. The van der Waals surface area contributed by atoms with Crippen molar-refractivity contribution in [1.29, 1.82) is 0 Å². The second-order valence-electron chi connectivity index (χ2n) is 8.28. The maximum absolute atomic E-state index is 13.9. The molecule has 4 rings (SSSR count). The normalized spacial score (nSPS) is 18.4.